The molecule has 0 amide bonds. The molecule has 0 bridgehead atoms. The molecule has 3 aromatic rings. The van der Waals surface area contributed by atoms with Crippen molar-refractivity contribution in [2.45, 2.75) is 45.0 Å². The molecule has 0 spiro atoms. The number of aromatic nitrogens is 1. The van der Waals surface area contributed by atoms with E-state index in [-0.39, 0.29) is 17.3 Å². The van der Waals surface area contributed by atoms with Crippen molar-refractivity contribution in [3.63, 3.8) is 0 Å². The second-order valence-electron chi connectivity index (χ2n) is 9.55. The van der Waals surface area contributed by atoms with Crippen LogP contribution in [0.5, 0.6) is 5.75 Å². The molecule has 6 heteroatoms. The quantitative estimate of drug-likeness (QED) is 0.614. The Labute approximate surface area is 187 Å². The van der Waals surface area contributed by atoms with Crippen LogP contribution in [-0.4, -0.2) is 35.5 Å². The fraction of sp³-hybridized carbons (Fsp3) is 0.385. The molecule has 2 aliphatic rings. The van der Waals surface area contributed by atoms with Crippen LogP contribution in [0.3, 0.4) is 0 Å². The minimum atomic E-state index is -0.597. The van der Waals surface area contributed by atoms with Crippen molar-refractivity contribution < 1.29 is 19.0 Å². The summed E-state index contributed by atoms with van der Waals surface area (Å²) < 4.78 is 19.4. The molecular formula is C26H26N2O4. The molecule has 2 heterocycles. The van der Waals surface area contributed by atoms with Gasteiger partial charge in [0.05, 0.1) is 29.3 Å². The average molecular weight is 431 g/mol. The van der Waals surface area contributed by atoms with E-state index in [1.807, 2.05) is 51.2 Å². The number of hydrogen-bond donors (Lipinski definition) is 0. The molecule has 1 aliphatic carbocycles. The molecule has 1 aliphatic heterocycles. The SMILES string of the molecule is Cn1c2c(c3ccc(C#N)cc31)C(=O)c1cc(OCC3COC(C)(C)O3)ccc1C2(C)C. The van der Waals surface area contributed by atoms with Gasteiger partial charge in [0.1, 0.15) is 18.5 Å². The Morgan fingerprint density at radius 2 is 1.97 bits per heavy atom. The Morgan fingerprint density at radius 1 is 1.19 bits per heavy atom. The summed E-state index contributed by atoms with van der Waals surface area (Å²) in [5, 5.41) is 10.2. The number of nitriles is 1. The standard InChI is InChI=1S/C26H26N2O4/c1-25(2)20-9-7-16(30-13-17-14-31-26(3,4)32-17)11-19(20)23(29)22-18-8-6-15(12-27)10-21(18)28(5)24(22)25/h6-11,17H,13-14H2,1-5H3. The van der Waals surface area contributed by atoms with Crippen LogP contribution >= 0.6 is 0 Å². The van der Waals surface area contributed by atoms with Crippen molar-refractivity contribution >= 4 is 16.7 Å². The summed E-state index contributed by atoms with van der Waals surface area (Å²) >= 11 is 0. The lowest BCUT2D eigenvalue weighted by Gasteiger charge is -2.33. The zero-order chi connectivity index (χ0) is 22.8. The minimum absolute atomic E-state index is 0.0170. The molecule has 1 unspecified atom stereocenters. The van der Waals surface area contributed by atoms with Crippen molar-refractivity contribution in [3.8, 4) is 11.8 Å². The lowest BCUT2D eigenvalue weighted by Crippen LogP contribution is -2.32. The molecular weight excluding hydrogens is 404 g/mol. The Morgan fingerprint density at radius 3 is 2.66 bits per heavy atom. The zero-order valence-electron chi connectivity index (χ0n) is 19.0. The fourth-order valence-corrected chi connectivity index (χ4v) is 5.11. The number of aryl methyl sites for hydroxylation is 1. The fourth-order valence-electron chi connectivity index (χ4n) is 5.11. The summed E-state index contributed by atoms with van der Waals surface area (Å²) in [6, 6.07) is 13.4. The summed E-state index contributed by atoms with van der Waals surface area (Å²) in [7, 11) is 1.96. The van der Waals surface area contributed by atoms with Gasteiger partial charge in [-0.1, -0.05) is 26.0 Å². The van der Waals surface area contributed by atoms with Crippen LogP contribution in [0.25, 0.3) is 10.9 Å². The van der Waals surface area contributed by atoms with Gasteiger partial charge in [-0.3, -0.25) is 4.79 Å². The first-order valence-electron chi connectivity index (χ1n) is 10.8. The topological polar surface area (TPSA) is 73.5 Å². The molecule has 5 rings (SSSR count). The third-order valence-corrected chi connectivity index (χ3v) is 6.56. The lowest BCUT2D eigenvalue weighted by atomic mass is 9.71. The van der Waals surface area contributed by atoms with E-state index >= 15 is 0 Å². The van der Waals surface area contributed by atoms with E-state index < -0.39 is 5.79 Å². The Kier molecular flexibility index (Phi) is 4.49. The molecule has 164 valence electrons. The number of ketones is 1. The van der Waals surface area contributed by atoms with Gasteiger partial charge in [-0.05, 0) is 43.7 Å². The smallest absolute Gasteiger partial charge is 0.195 e. The van der Waals surface area contributed by atoms with E-state index in [1.54, 1.807) is 6.07 Å². The first kappa shape index (κ1) is 20.7. The molecule has 0 radical (unpaired) electrons. The summed E-state index contributed by atoms with van der Waals surface area (Å²) in [6.07, 6.45) is -0.146. The third kappa shape index (κ3) is 3.04. The highest BCUT2D eigenvalue weighted by atomic mass is 16.7. The maximum atomic E-state index is 13.7. The van der Waals surface area contributed by atoms with E-state index in [9.17, 15) is 10.1 Å². The number of ether oxygens (including phenoxy) is 3. The van der Waals surface area contributed by atoms with Gasteiger partial charge in [0, 0.05) is 29.1 Å². The van der Waals surface area contributed by atoms with Crippen LogP contribution in [-0.2, 0) is 21.9 Å². The highest BCUT2D eigenvalue weighted by Crippen LogP contribution is 2.45. The first-order valence-corrected chi connectivity index (χ1v) is 10.8. The highest BCUT2D eigenvalue weighted by Gasteiger charge is 2.41. The number of fused-ring (bicyclic) bond motifs is 4. The van der Waals surface area contributed by atoms with Gasteiger partial charge >= 0.3 is 0 Å². The maximum Gasteiger partial charge on any atom is 0.195 e. The molecule has 1 fully saturated rings. The third-order valence-electron chi connectivity index (χ3n) is 6.56. The van der Waals surface area contributed by atoms with Crippen LogP contribution in [0.4, 0.5) is 0 Å². The van der Waals surface area contributed by atoms with Gasteiger partial charge < -0.3 is 18.8 Å². The van der Waals surface area contributed by atoms with Gasteiger partial charge in [-0.25, -0.2) is 0 Å². The Balaban J connectivity index is 1.54. The van der Waals surface area contributed by atoms with E-state index in [0.717, 1.165) is 22.2 Å². The van der Waals surface area contributed by atoms with Crippen molar-refractivity contribution in [3.05, 3.63) is 64.3 Å². The molecule has 0 saturated carbocycles. The van der Waals surface area contributed by atoms with Gasteiger partial charge in [-0.2, -0.15) is 5.26 Å². The maximum absolute atomic E-state index is 13.7. The minimum Gasteiger partial charge on any atom is -0.491 e. The molecule has 32 heavy (non-hydrogen) atoms. The largest absolute Gasteiger partial charge is 0.491 e. The molecule has 6 nitrogen and oxygen atoms in total. The van der Waals surface area contributed by atoms with Crippen molar-refractivity contribution in [1.82, 2.24) is 4.57 Å². The number of nitrogens with zero attached hydrogens (tertiary/aromatic N) is 2. The van der Waals surface area contributed by atoms with Crippen LogP contribution in [0.2, 0.25) is 0 Å². The van der Waals surface area contributed by atoms with Gasteiger partial charge in [0.2, 0.25) is 0 Å². The van der Waals surface area contributed by atoms with Crippen LogP contribution < -0.4 is 4.74 Å². The summed E-state index contributed by atoms with van der Waals surface area (Å²) in [6.45, 7) is 8.87. The number of benzene rings is 2. The van der Waals surface area contributed by atoms with Crippen LogP contribution in [0.15, 0.2) is 36.4 Å². The summed E-state index contributed by atoms with van der Waals surface area (Å²) in [5.74, 6) is 0.0216. The lowest BCUT2D eigenvalue weighted by molar-refractivity contribution is -0.141. The Hall–Kier alpha value is -3.14. The monoisotopic (exact) mass is 430 g/mol. The molecule has 0 N–H and O–H groups in total. The van der Waals surface area contributed by atoms with E-state index in [1.165, 1.54) is 0 Å². The van der Waals surface area contributed by atoms with Gasteiger partial charge in [0.15, 0.2) is 11.6 Å². The van der Waals surface area contributed by atoms with E-state index in [2.05, 4.69) is 24.5 Å². The van der Waals surface area contributed by atoms with Crippen LogP contribution in [0, 0.1) is 11.3 Å². The molecule has 2 aromatic carbocycles. The number of hydrogen-bond acceptors (Lipinski definition) is 5. The van der Waals surface area contributed by atoms with Crippen molar-refractivity contribution in [2.75, 3.05) is 13.2 Å². The second kappa shape index (κ2) is 6.93. The first-order chi connectivity index (χ1) is 15.1. The number of carbonyl (C=O) groups is 1. The predicted molar refractivity (Wildman–Crippen MR) is 120 cm³/mol. The summed E-state index contributed by atoms with van der Waals surface area (Å²) in [5.41, 5.74) is 4.37. The van der Waals surface area contributed by atoms with Crippen molar-refractivity contribution in [2.24, 2.45) is 7.05 Å². The zero-order valence-corrected chi connectivity index (χ0v) is 19.0. The van der Waals surface area contributed by atoms with E-state index in [4.69, 9.17) is 14.2 Å². The molecule has 1 atom stereocenters. The predicted octanol–water partition coefficient (Wildman–Crippen LogP) is 4.45. The second-order valence-corrected chi connectivity index (χ2v) is 9.55. The number of carbonyl (C=O) groups excluding carboxylic acids is 1. The Bertz CT molecular complexity index is 1310. The van der Waals surface area contributed by atoms with Gasteiger partial charge in [0.25, 0.3) is 0 Å². The average Bonchev–Trinajstić information content (AvgIpc) is 3.27. The van der Waals surface area contributed by atoms with E-state index in [0.29, 0.717) is 35.7 Å². The molecule has 1 aromatic heterocycles. The molecule has 1 saturated heterocycles. The van der Waals surface area contributed by atoms with Crippen molar-refractivity contribution in [1.29, 1.82) is 5.26 Å². The normalized spacial score (nSPS) is 20.6. The number of rotatable bonds is 3. The van der Waals surface area contributed by atoms with Crippen LogP contribution in [0.1, 0.15) is 60.4 Å². The summed E-state index contributed by atoms with van der Waals surface area (Å²) in [4.78, 5) is 13.7. The van der Waals surface area contributed by atoms with Gasteiger partial charge in [-0.15, -0.1) is 0 Å². The highest BCUT2D eigenvalue weighted by molar-refractivity contribution is 6.20.